The summed E-state index contributed by atoms with van der Waals surface area (Å²) >= 11 is 3.46. The van der Waals surface area contributed by atoms with Gasteiger partial charge in [0.25, 0.3) is 5.91 Å². The van der Waals surface area contributed by atoms with Crippen LogP contribution in [-0.2, 0) is 6.54 Å². The van der Waals surface area contributed by atoms with Gasteiger partial charge in [0.1, 0.15) is 0 Å². The van der Waals surface area contributed by atoms with Gasteiger partial charge in [-0.15, -0.1) is 0 Å². The van der Waals surface area contributed by atoms with Gasteiger partial charge in [0.05, 0.1) is 5.56 Å². The van der Waals surface area contributed by atoms with Crippen LogP contribution >= 0.6 is 15.9 Å². The van der Waals surface area contributed by atoms with Gasteiger partial charge in [-0.3, -0.25) is 9.78 Å². The molecule has 0 atom stereocenters. The van der Waals surface area contributed by atoms with Crippen LogP contribution in [0.5, 0.6) is 0 Å². The van der Waals surface area contributed by atoms with Crippen molar-refractivity contribution in [2.75, 3.05) is 6.54 Å². The molecule has 2 aromatic rings. The Balaban J connectivity index is 2.23. The maximum Gasteiger partial charge on any atom is 0.255 e. The lowest BCUT2D eigenvalue weighted by molar-refractivity contribution is 0.0751. The molecule has 0 saturated carbocycles. The molecule has 104 valence electrons. The molecule has 0 radical (unpaired) electrons. The van der Waals surface area contributed by atoms with Gasteiger partial charge >= 0.3 is 0 Å². The Morgan fingerprint density at radius 1 is 1.25 bits per heavy atom. The van der Waals surface area contributed by atoms with Crippen molar-refractivity contribution in [1.82, 2.24) is 9.88 Å². The van der Waals surface area contributed by atoms with E-state index >= 15 is 0 Å². The third-order valence-corrected chi connectivity index (χ3v) is 3.84. The van der Waals surface area contributed by atoms with Gasteiger partial charge in [0.15, 0.2) is 0 Å². The molecule has 1 aromatic heterocycles. The maximum atomic E-state index is 12.6. The Morgan fingerprint density at radius 2 is 1.95 bits per heavy atom. The zero-order valence-electron chi connectivity index (χ0n) is 11.6. The fourth-order valence-electron chi connectivity index (χ4n) is 2.01. The van der Waals surface area contributed by atoms with Gasteiger partial charge < -0.3 is 4.90 Å². The van der Waals surface area contributed by atoms with E-state index in [4.69, 9.17) is 0 Å². The zero-order valence-corrected chi connectivity index (χ0v) is 13.2. The van der Waals surface area contributed by atoms with Crippen LogP contribution in [0.2, 0.25) is 0 Å². The topological polar surface area (TPSA) is 33.2 Å². The van der Waals surface area contributed by atoms with Crippen LogP contribution in [0.3, 0.4) is 0 Å². The van der Waals surface area contributed by atoms with E-state index in [1.165, 1.54) is 0 Å². The smallest absolute Gasteiger partial charge is 0.255 e. The molecule has 0 spiro atoms. The van der Waals surface area contributed by atoms with Crippen LogP contribution in [-0.4, -0.2) is 22.3 Å². The molecule has 1 heterocycles. The lowest BCUT2D eigenvalue weighted by Crippen LogP contribution is -2.30. The quantitative estimate of drug-likeness (QED) is 0.852. The largest absolute Gasteiger partial charge is 0.335 e. The van der Waals surface area contributed by atoms with Crippen LogP contribution in [0.15, 0.2) is 47.2 Å². The number of carbonyl (C=O) groups excluding carboxylic acids is 1. The van der Waals surface area contributed by atoms with Crippen molar-refractivity contribution in [3.63, 3.8) is 0 Å². The molecule has 0 N–H and O–H groups in total. The van der Waals surface area contributed by atoms with Crippen molar-refractivity contribution in [3.8, 4) is 0 Å². The lowest BCUT2D eigenvalue weighted by atomic mass is 10.1. The summed E-state index contributed by atoms with van der Waals surface area (Å²) in [7, 11) is 0. The van der Waals surface area contributed by atoms with Crippen molar-refractivity contribution >= 4 is 21.8 Å². The summed E-state index contributed by atoms with van der Waals surface area (Å²) in [5.41, 5.74) is 2.87. The average Bonchev–Trinajstić information content (AvgIpc) is 2.47. The van der Waals surface area contributed by atoms with Gasteiger partial charge in [0, 0.05) is 30.0 Å². The summed E-state index contributed by atoms with van der Waals surface area (Å²) in [6.45, 7) is 5.24. The first-order chi connectivity index (χ1) is 9.61. The number of aromatic nitrogens is 1. The highest BCUT2D eigenvalue weighted by molar-refractivity contribution is 9.10. The van der Waals surface area contributed by atoms with Crippen molar-refractivity contribution in [2.45, 2.75) is 20.4 Å². The van der Waals surface area contributed by atoms with E-state index in [1.54, 1.807) is 12.4 Å². The van der Waals surface area contributed by atoms with E-state index in [2.05, 4.69) is 20.9 Å². The molecule has 1 aromatic carbocycles. The first-order valence-corrected chi connectivity index (χ1v) is 7.35. The van der Waals surface area contributed by atoms with E-state index in [9.17, 15) is 4.79 Å². The number of nitrogens with zero attached hydrogens (tertiary/aromatic N) is 2. The molecule has 0 saturated heterocycles. The van der Waals surface area contributed by atoms with Crippen molar-refractivity contribution in [3.05, 3.63) is 63.9 Å². The Kier molecular flexibility index (Phi) is 4.90. The van der Waals surface area contributed by atoms with Gasteiger partial charge in [-0.1, -0.05) is 11.6 Å². The predicted molar refractivity (Wildman–Crippen MR) is 83.5 cm³/mol. The van der Waals surface area contributed by atoms with E-state index in [0.717, 1.165) is 15.6 Å². The third-order valence-electron chi connectivity index (χ3n) is 3.14. The first-order valence-electron chi connectivity index (χ1n) is 6.56. The summed E-state index contributed by atoms with van der Waals surface area (Å²) in [5, 5.41) is 0. The molecule has 0 aliphatic heterocycles. The highest BCUT2D eigenvalue weighted by Crippen LogP contribution is 2.20. The molecule has 20 heavy (non-hydrogen) atoms. The second-order valence-corrected chi connectivity index (χ2v) is 5.51. The van der Waals surface area contributed by atoms with Crippen molar-refractivity contribution in [1.29, 1.82) is 0 Å². The summed E-state index contributed by atoms with van der Waals surface area (Å²) in [5.74, 6) is 0.0416. The lowest BCUT2D eigenvalue weighted by Gasteiger charge is -2.22. The number of pyridine rings is 1. The van der Waals surface area contributed by atoms with Crippen LogP contribution < -0.4 is 0 Å². The Morgan fingerprint density at radius 3 is 2.60 bits per heavy atom. The summed E-state index contributed by atoms with van der Waals surface area (Å²) in [6, 6.07) is 9.69. The second kappa shape index (κ2) is 6.66. The fourth-order valence-corrected chi connectivity index (χ4v) is 2.43. The standard InChI is InChI=1S/C16H17BrN2O/c1-3-19(11-13-6-8-18-9-7-13)16(20)14-10-12(2)4-5-15(14)17/h4-10H,3,11H2,1-2H3. The van der Waals surface area contributed by atoms with Gasteiger partial charge in [-0.2, -0.15) is 0 Å². The van der Waals surface area contributed by atoms with Crippen LogP contribution in [0.25, 0.3) is 0 Å². The molecule has 0 bridgehead atoms. The van der Waals surface area contributed by atoms with E-state index < -0.39 is 0 Å². The Hall–Kier alpha value is -1.68. The van der Waals surface area contributed by atoms with Crippen molar-refractivity contribution < 1.29 is 4.79 Å². The minimum absolute atomic E-state index is 0.0416. The number of hydrogen-bond acceptors (Lipinski definition) is 2. The minimum atomic E-state index is 0.0416. The van der Waals surface area contributed by atoms with Gasteiger partial charge in [-0.05, 0) is 59.6 Å². The number of amides is 1. The molecular weight excluding hydrogens is 316 g/mol. The number of benzene rings is 1. The molecule has 0 aliphatic carbocycles. The summed E-state index contributed by atoms with van der Waals surface area (Å²) < 4.78 is 0.835. The molecule has 0 unspecified atom stereocenters. The normalized spacial score (nSPS) is 10.3. The van der Waals surface area contributed by atoms with Crippen molar-refractivity contribution in [2.24, 2.45) is 0 Å². The van der Waals surface area contributed by atoms with E-state index in [0.29, 0.717) is 18.7 Å². The zero-order chi connectivity index (χ0) is 14.5. The van der Waals surface area contributed by atoms with E-state index in [1.807, 2.05) is 49.1 Å². The van der Waals surface area contributed by atoms with Gasteiger partial charge in [0.2, 0.25) is 0 Å². The molecule has 2 rings (SSSR count). The number of halogens is 1. The molecule has 4 heteroatoms. The van der Waals surface area contributed by atoms with Crippen LogP contribution in [0, 0.1) is 6.92 Å². The first kappa shape index (κ1) is 14.7. The molecule has 1 amide bonds. The second-order valence-electron chi connectivity index (χ2n) is 4.66. The number of hydrogen-bond donors (Lipinski definition) is 0. The Bertz CT molecular complexity index is 599. The Labute approximate surface area is 127 Å². The minimum Gasteiger partial charge on any atom is -0.335 e. The molecular formula is C16H17BrN2O. The highest BCUT2D eigenvalue weighted by atomic mass is 79.9. The fraction of sp³-hybridized carbons (Fsp3) is 0.250. The monoisotopic (exact) mass is 332 g/mol. The van der Waals surface area contributed by atoms with Gasteiger partial charge in [-0.25, -0.2) is 0 Å². The highest BCUT2D eigenvalue weighted by Gasteiger charge is 2.17. The molecule has 0 fully saturated rings. The van der Waals surface area contributed by atoms with Crippen LogP contribution in [0.4, 0.5) is 0 Å². The van der Waals surface area contributed by atoms with E-state index in [-0.39, 0.29) is 5.91 Å². The average molecular weight is 333 g/mol. The summed E-state index contributed by atoms with van der Waals surface area (Å²) in [6.07, 6.45) is 3.49. The third kappa shape index (κ3) is 3.45. The molecule has 0 aliphatic rings. The number of aryl methyl sites for hydroxylation is 1. The number of carbonyl (C=O) groups is 1. The number of rotatable bonds is 4. The predicted octanol–water partition coefficient (Wildman–Crippen LogP) is 3.81. The molecule has 3 nitrogen and oxygen atoms in total. The van der Waals surface area contributed by atoms with Crippen LogP contribution in [0.1, 0.15) is 28.4 Å². The maximum absolute atomic E-state index is 12.6. The summed E-state index contributed by atoms with van der Waals surface area (Å²) in [4.78, 5) is 18.5. The SMILES string of the molecule is CCN(Cc1ccncc1)C(=O)c1cc(C)ccc1Br.